The Bertz CT molecular complexity index is 732. The van der Waals surface area contributed by atoms with Crippen LogP contribution in [-0.4, -0.2) is 31.4 Å². The maximum absolute atomic E-state index is 11.9. The third-order valence-electron chi connectivity index (χ3n) is 2.61. The first-order valence-electron chi connectivity index (χ1n) is 6.36. The predicted molar refractivity (Wildman–Crippen MR) is 78.2 cm³/mol. The van der Waals surface area contributed by atoms with Gasteiger partial charge in [0.1, 0.15) is 5.60 Å². The van der Waals surface area contributed by atoms with E-state index in [4.69, 9.17) is 10.5 Å². The lowest BCUT2D eigenvalue weighted by Crippen LogP contribution is -2.27. The van der Waals surface area contributed by atoms with Crippen molar-refractivity contribution in [2.24, 2.45) is 0 Å². The molecule has 0 fully saturated rings. The van der Waals surface area contributed by atoms with Crippen LogP contribution in [0.3, 0.4) is 0 Å². The summed E-state index contributed by atoms with van der Waals surface area (Å²) in [6, 6.07) is 1.44. The van der Waals surface area contributed by atoms with Crippen LogP contribution in [0.25, 0.3) is 11.1 Å². The van der Waals surface area contributed by atoms with E-state index in [1.54, 1.807) is 20.8 Å². The minimum atomic E-state index is -0.677. The molecule has 0 aromatic carbocycles. The molecule has 0 spiro atoms. The van der Waals surface area contributed by atoms with Gasteiger partial charge in [0.05, 0.1) is 16.7 Å². The van der Waals surface area contributed by atoms with Gasteiger partial charge in [-0.25, -0.2) is 9.78 Å². The summed E-state index contributed by atoms with van der Waals surface area (Å²) in [4.78, 5) is 26.1. The van der Waals surface area contributed by atoms with Gasteiger partial charge in [-0.2, -0.15) is 9.78 Å². The summed E-state index contributed by atoms with van der Waals surface area (Å²) in [6.45, 7) is 5.18. The van der Waals surface area contributed by atoms with Gasteiger partial charge >= 0.3 is 11.8 Å². The first-order valence-corrected chi connectivity index (χ1v) is 6.36. The Hall–Kier alpha value is -2.97. The average molecular weight is 305 g/mol. The molecule has 9 heteroatoms. The van der Waals surface area contributed by atoms with Crippen LogP contribution in [0.15, 0.2) is 24.7 Å². The molecule has 9 nitrogen and oxygen atoms in total. The molecule has 0 bridgehead atoms. The van der Waals surface area contributed by atoms with E-state index in [9.17, 15) is 14.9 Å². The number of carbonyl (C=O) groups excluding carboxylic acids is 1. The number of carbonyl (C=O) groups is 1. The largest absolute Gasteiger partial charge is 0.442 e. The van der Waals surface area contributed by atoms with Crippen molar-refractivity contribution in [3.63, 3.8) is 0 Å². The van der Waals surface area contributed by atoms with Gasteiger partial charge in [0.15, 0.2) is 0 Å². The zero-order valence-electron chi connectivity index (χ0n) is 12.3. The number of nitrogens with two attached hydrogens (primary N) is 1. The van der Waals surface area contributed by atoms with E-state index in [1.807, 2.05) is 0 Å². The molecule has 22 heavy (non-hydrogen) atoms. The van der Waals surface area contributed by atoms with Gasteiger partial charge in [-0.05, 0) is 26.8 Å². The van der Waals surface area contributed by atoms with Crippen molar-refractivity contribution in [2.45, 2.75) is 26.4 Å². The van der Waals surface area contributed by atoms with Crippen LogP contribution in [0, 0.1) is 10.1 Å². The maximum Gasteiger partial charge on any atom is 0.435 e. The number of aromatic nitrogens is 3. The van der Waals surface area contributed by atoms with Crippen LogP contribution in [-0.2, 0) is 4.74 Å². The minimum absolute atomic E-state index is 0.201. The zero-order valence-corrected chi connectivity index (χ0v) is 12.3. The average Bonchev–Trinajstić information content (AvgIpc) is 2.85. The quantitative estimate of drug-likeness (QED) is 0.665. The van der Waals surface area contributed by atoms with E-state index in [2.05, 4.69) is 10.1 Å². The highest BCUT2D eigenvalue weighted by molar-refractivity contribution is 5.80. The fourth-order valence-corrected chi connectivity index (χ4v) is 1.77. The topological polar surface area (TPSA) is 126 Å². The highest BCUT2D eigenvalue weighted by atomic mass is 16.6. The van der Waals surface area contributed by atoms with Gasteiger partial charge in [-0.3, -0.25) is 10.1 Å². The molecule has 2 heterocycles. The normalized spacial score (nSPS) is 11.2. The van der Waals surface area contributed by atoms with Crippen molar-refractivity contribution in [2.75, 3.05) is 5.73 Å². The van der Waals surface area contributed by atoms with Crippen LogP contribution in [0.5, 0.6) is 0 Å². The number of hydrogen-bond donors (Lipinski definition) is 1. The first kappa shape index (κ1) is 15.4. The molecule has 0 saturated carbocycles. The summed E-state index contributed by atoms with van der Waals surface area (Å²) in [6.07, 6.45) is 3.34. The van der Waals surface area contributed by atoms with Crippen LogP contribution in [0.2, 0.25) is 0 Å². The van der Waals surface area contributed by atoms with Crippen molar-refractivity contribution >= 4 is 17.6 Å². The second-order valence-electron chi connectivity index (χ2n) is 5.50. The number of anilines is 1. The van der Waals surface area contributed by atoms with Gasteiger partial charge in [-0.1, -0.05) is 0 Å². The van der Waals surface area contributed by atoms with E-state index in [0.717, 1.165) is 4.68 Å². The second-order valence-corrected chi connectivity index (χ2v) is 5.50. The molecule has 0 atom stereocenters. The third kappa shape index (κ3) is 3.19. The molecule has 0 amide bonds. The molecule has 0 saturated heterocycles. The Morgan fingerprint density at radius 3 is 2.73 bits per heavy atom. The standard InChI is InChI=1S/C13H15N5O4/c1-13(2,3)22-12(19)17-7-8(6-16-17)9-4-5-15-11(14)10(9)18(20)21/h4-7H,1-3H3,(H2,14,15). The van der Waals surface area contributed by atoms with Crippen LogP contribution < -0.4 is 5.73 Å². The number of nitro groups is 1. The van der Waals surface area contributed by atoms with Crippen molar-refractivity contribution in [1.82, 2.24) is 14.8 Å². The lowest BCUT2D eigenvalue weighted by Gasteiger charge is -2.18. The smallest absolute Gasteiger partial charge is 0.435 e. The number of pyridine rings is 1. The third-order valence-corrected chi connectivity index (χ3v) is 2.61. The van der Waals surface area contributed by atoms with Gasteiger partial charge in [0, 0.05) is 18.0 Å². The van der Waals surface area contributed by atoms with Crippen LogP contribution in [0.4, 0.5) is 16.3 Å². The van der Waals surface area contributed by atoms with E-state index >= 15 is 0 Å². The number of nitrogens with zero attached hydrogens (tertiary/aromatic N) is 4. The second kappa shape index (κ2) is 5.43. The molecule has 0 aliphatic rings. The highest BCUT2D eigenvalue weighted by Crippen LogP contribution is 2.32. The lowest BCUT2D eigenvalue weighted by molar-refractivity contribution is -0.383. The molecule has 2 aromatic rings. The molecular weight excluding hydrogens is 290 g/mol. The summed E-state index contributed by atoms with van der Waals surface area (Å²) in [7, 11) is 0. The number of nitrogen functional groups attached to an aromatic ring is 1. The molecule has 0 radical (unpaired) electrons. The van der Waals surface area contributed by atoms with Crippen LogP contribution in [0.1, 0.15) is 20.8 Å². The zero-order chi connectivity index (χ0) is 16.5. The van der Waals surface area contributed by atoms with Gasteiger partial charge in [0.2, 0.25) is 5.82 Å². The van der Waals surface area contributed by atoms with E-state index in [-0.39, 0.29) is 17.1 Å². The fraction of sp³-hybridized carbons (Fsp3) is 0.308. The first-order chi connectivity index (χ1) is 10.2. The number of hydrogen-bond acceptors (Lipinski definition) is 7. The van der Waals surface area contributed by atoms with E-state index in [0.29, 0.717) is 5.56 Å². The van der Waals surface area contributed by atoms with Crippen molar-refractivity contribution in [3.8, 4) is 11.1 Å². The van der Waals surface area contributed by atoms with Crippen molar-refractivity contribution < 1.29 is 14.5 Å². The van der Waals surface area contributed by atoms with Crippen molar-refractivity contribution in [3.05, 3.63) is 34.8 Å². The van der Waals surface area contributed by atoms with E-state index in [1.165, 1.54) is 24.7 Å². The summed E-state index contributed by atoms with van der Waals surface area (Å²) >= 11 is 0. The molecule has 116 valence electrons. The summed E-state index contributed by atoms with van der Waals surface area (Å²) in [5.41, 5.74) is 5.14. The van der Waals surface area contributed by atoms with Crippen LogP contribution >= 0.6 is 0 Å². The summed E-state index contributed by atoms with van der Waals surface area (Å²) in [5, 5.41) is 15.0. The van der Waals surface area contributed by atoms with Gasteiger partial charge in [0.25, 0.3) is 0 Å². The highest BCUT2D eigenvalue weighted by Gasteiger charge is 2.23. The molecule has 0 aliphatic heterocycles. The Morgan fingerprint density at radius 2 is 2.14 bits per heavy atom. The number of ether oxygens (including phenoxy) is 1. The summed E-state index contributed by atoms with van der Waals surface area (Å²) in [5.74, 6) is -0.201. The minimum Gasteiger partial charge on any atom is -0.442 e. The molecule has 2 N–H and O–H groups in total. The van der Waals surface area contributed by atoms with Gasteiger partial charge in [-0.15, -0.1) is 0 Å². The Kier molecular flexibility index (Phi) is 3.81. The molecule has 2 aromatic heterocycles. The Morgan fingerprint density at radius 1 is 1.45 bits per heavy atom. The summed E-state index contributed by atoms with van der Waals surface area (Å²) < 4.78 is 6.14. The predicted octanol–water partition coefficient (Wildman–Crippen LogP) is 2.22. The molecular formula is C13H15N5O4. The Balaban J connectivity index is 2.39. The molecule has 0 unspecified atom stereocenters. The number of rotatable bonds is 2. The Labute approximate surface area is 125 Å². The van der Waals surface area contributed by atoms with Crippen molar-refractivity contribution in [1.29, 1.82) is 0 Å². The SMILES string of the molecule is CC(C)(C)OC(=O)n1cc(-c2ccnc(N)c2[N+](=O)[O-])cn1. The molecule has 2 rings (SSSR count). The monoisotopic (exact) mass is 305 g/mol. The van der Waals surface area contributed by atoms with Gasteiger partial charge < -0.3 is 10.5 Å². The van der Waals surface area contributed by atoms with E-state index < -0.39 is 16.6 Å². The fourth-order valence-electron chi connectivity index (χ4n) is 1.77. The maximum atomic E-state index is 11.9. The molecule has 0 aliphatic carbocycles. The lowest BCUT2D eigenvalue weighted by atomic mass is 10.1.